The van der Waals surface area contributed by atoms with Crippen LogP contribution < -0.4 is 15.4 Å². The van der Waals surface area contributed by atoms with Crippen LogP contribution >= 0.6 is 0 Å². The first-order valence-electron chi connectivity index (χ1n) is 9.65. The van der Waals surface area contributed by atoms with Gasteiger partial charge in [0.1, 0.15) is 17.8 Å². The van der Waals surface area contributed by atoms with E-state index in [4.69, 9.17) is 4.74 Å². The summed E-state index contributed by atoms with van der Waals surface area (Å²) in [4.78, 5) is 39.6. The number of benzene rings is 2. The van der Waals surface area contributed by atoms with Crippen molar-refractivity contribution >= 4 is 17.7 Å². The van der Waals surface area contributed by atoms with Crippen molar-refractivity contribution in [3.8, 4) is 5.75 Å². The van der Waals surface area contributed by atoms with E-state index in [-0.39, 0.29) is 23.8 Å². The van der Waals surface area contributed by atoms with Crippen LogP contribution in [0.15, 0.2) is 54.6 Å². The molecule has 2 fully saturated rings. The highest BCUT2D eigenvalue weighted by atomic mass is 16.5. The Balaban J connectivity index is 1.41. The van der Waals surface area contributed by atoms with Gasteiger partial charge in [0.15, 0.2) is 0 Å². The second-order valence-electron chi connectivity index (χ2n) is 7.39. The molecule has 2 aromatic carbocycles. The number of amides is 3. The van der Waals surface area contributed by atoms with Gasteiger partial charge in [0, 0.05) is 24.6 Å². The van der Waals surface area contributed by atoms with E-state index < -0.39 is 12.1 Å². The maximum absolute atomic E-state index is 12.9. The quantitative estimate of drug-likeness (QED) is 0.797. The van der Waals surface area contributed by atoms with Gasteiger partial charge in [-0.3, -0.25) is 14.4 Å². The third-order valence-electron chi connectivity index (χ3n) is 5.47. The molecule has 7 nitrogen and oxygen atoms in total. The number of rotatable bonds is 5. The van der Waals surface area contributed by atoms with E-state index in [9.17, 15) is 14.4 Å². The van der Waals surface area contributed by atoms with E-state index in [0.29, 0.717) is 30.7 Å². The molecule has 2 heterocycles. The molecule has 0 bridgehead atoms. The van der Waals surface area contributed by atoms with Crippen molar-refractivity contribution in [3.63, 3.8) is 0 Å². The molecule has 4 rings (SSSR count). The summed E-state index contributed by atoms with van der Waals surface area (Å²) in [5.74, 6) is 0.184. The summed E-state index contributed by atoms with van der Waals surface area (Å²) in [5.41, 5.74) is 1.50. The van der Waals surface area contributed by atoms with Gasteiger partial charge in [-0.25, -0.2) is 0 Å². The first kappa shape index (κ1) is 19.0. The summed E-state index contributed by atoms with van der Waals surface area (Å²) in [7, 11) is 1.57. The lowest BCUT2D eigenvalue weighted by Crippen LogP contribution is -2.61. The minimum Gasteiger partial charge on any atom is -0.497 e. The number of nitrogens with one attached hydrogen (secondary N) is 2. The monoisotopic (exact) mass is 393 g/mol. The van der Waals surface area contributed by atoms with E-state index in [0.717, 1.165) is 5.56 Å². The van der Waals surface area contributed by atoms with Crippen molar-refractivity contribution in [2.75, 3.05) is 13.7 Å². The Morgan fingerprint density at radius 1 is 1.14 bits per heavy atom. The highest BCUT2D eigenvalue weighted by molar-refractivity contribution is 5.98. The summed E-state index contributed by atoms with van der Waals surface area (Å²) in [5, 5.41) is 5.79. The Morgan fingerprint density at radius 3 is 2.55 bits per heavy atom. The van der Waals surface area contributed by atoms with E-state index in [2.05, 4.69) is 10.6 Å². The topological polar surface area (TPSA) is 87.7 Å². The lowest BCUT2D eigenvalue weighted by molar-refractivity contribution is -0.147. The molecule has 0 spiro atoms. The van der Waals surface area contributed by atoms with E-state index in [1.807, 2.05) is 30.3 Å². The molecule has 0 unspecified atom stereocenters. The number of ether oxygens (including phenoxy) is 1. The van der Waals surface area contributed by atoms with Crippen LogP contribution in [0.1, 0.15) is 22.3 Å². The third-order valence-corrected chi connectivity index (χ3v) is 5.47. The fraction of sp³-hybridized carbons (Fsp3) is 0.318. The van der Waals surface area contributed by atoms with Crippen LogP contribution in [0.5, 0.6) is 5.75 Å². The highest BCUT2D eigenvalue weighted by Crippen LogP contribution is 2.24. The van der Waals surface area contributed by atoms with Crippen molar-refractivity contribution in [3.05, 3.63) is 65.7 Å². The maximum atomic E-state index is 12.9. The van der Waals surface area contributed by atoms with Crippen molar-refractivity contribution in [2.45, 2.75) is 31.0 Å². The maximum Gasteiger partial charge on any atom is 0.251 e. The Kier molecular flexibility index (Phi) is 5.20. The second-order valence-corrected chi connectivity index (χ2v) is 7.39. The molecule has 2 aliphatic heterocycles. The Bertz CT molecular complexity index is 913. The van der Waals surface area contributed by atoms with Crippen molar-refractivity contribution in [1.29, 1.82) is 0 Å². The molecule has 150 valence electrons. The fourth-order valence-corrected chi connectivity index (χ4v) is 3.96. The lowest BCUT2D eigenvalue weighted by atomic mass is 10.0. The van der Waals surface area contributed by atoms with Crippen molar-refractivity contribution in [1.82, 2.24) is 15.5 Å². The summed E-state index contributed by atoms with van der Waals surface area (Å²) < 4.78 is 5.10. The van der Waals surface area contributed by atoms with Gasteiger partial charge in [0.2, 0.25) is 11.8 Å². The summed E-state index contributed by atoms with van der Waals surface area (Å²) >= 11 is 0. The predicted molar refractivity (Wildman–Crippen MR) is 106 cm³/mol. The smallest absolute Gasteiger partial charge is 0.251 e. The Labute approximate surface area is 169 Å². The first-order chi connectivity index (χ1) is 14.0. The molecule has 3 atom stereocenters. The van der Waals surface area contributed by atoms with Crippen LogP contribution in [0.4, 0.5) is 0 Å². The summed E-state index contributed by atoms with van der Waals surface area (Å²) in [6.07, 6.45) is 0.870. The normalized spacial score (nSPS) is 23.3. The van der Waals surface area contributed by atoms with Gasteiger partial charge in [-0.15, -0.1) is 0 Å². The molecule has 2 saturated heterocycles. The molecule has 3 amide bonds. The number of fused-ring (bicyclic) bond motifs is 1. The summed E-state index contributed by atoms with van der Waals surface area (Å²) in [6.45, 7) is 0.337. The molecule has 0 aromatic heterocycles. The van der Waals surface area contributed by atoms with Gasteiger partial charge in [-0.1, -0.05) is 30.3 Å². The number of carbonyl (C=O) groups excluding carboxylic acids is 3. The predicted octanol–water partition coefficient (Wildman–Crippen LogP) is 1.14. The third kappa shape index (κ3) is 3.94. The number of nitrogens with zero attached hydrogens (tertiary/aromatic N) is 1. The number of piperazine rings is 1. The lowest BCUT2D eigenvalue weighted by Gasteiger charge is -2.34. The minimum absolute atomic E-state index is 0.0975. The number of methoxy groups -OCH3 is 1. The van der Waals surface area contributed by atoms with Gasteiger partial charge in [0.25, 0.3) is 5.91 Å². The number of carbonyl (C=O) groups is 3. The van der Waals surface area contributed by atoms with Crippen LogP contribution in [0.2, 0.25) is 0 Å². The second kappa shape index (κ2) is 7.95. The standard InChI is InChI=1S/C22H23N3O4/c1-29-17-9-7-15(8-10-17)20(26)23-16-12-19-21(27)24-18(22(28)25(19)13-16)11-14-5-3-2-4-6-14/h2-10,16,18-19H,11-13H2,1H3,(H,23,26)(H,24,27)/t16-,18-,19-/m0/s1. The van der Waals surface area contributed by atoms with Gasteiger partial charge in [0.05, 0.1) is 7.11 Å². The van der Waals surface area contributed by atoms with Crippen LogP contribution in [0.25, 0.3) is 0 Å². The van der Waals surface area contributed by atoms with Gasteiger partial charge < -0.3 is 20.3 Å². The molecule has 2 N–H and O–H groups in total. The zero-order valence-corrected chi connectivity index (χ0v) is 16.1. The van der Waals surface area contributed by atoms with Crippen LogP contribution in [-0.2, 0) is 16.0 Å². The van der Waals surface area contributed by atoms with Crippen LogP contribution in [-0.4, -0.2) is 54.4 Å². The van der Waals surface area contributed by atoms with Gasteiger partial charge in [-0.05, 0) is 36.2 Å². The molecular formula is C22H23N3O4. The largest absolute Gasteiger partial charge is 0.497 e. The number of hydrogen-bond donors (Lipinski definition) is 2. The van der Waals surface area contributed by atoms with Crippen molar-refractivity contribution in [2.24, 2.45) is 0 Å². The number of hydrogen-bond acceptors (Lipinski definition) is 4. The molecule has 29 heavy (non-hydrogen) atoms. The van der Waals surface area contributed by atoms with Gasteiger partial charge in [-0.2, -0.15) is 0 Å². The van der Waals surface area contributed by atoms with E-state index in [1.54, 1.807) is 36.3 Å². The molecule has 0 saturated carbocycles. The fourth-order valence-electron chi connectivity index (χ4n) is 3.96. The Morgan fingerprint density at radius 2 is 1.86 bits per heavy atom. The van der Waals surface area contributed by atoms with E-state index >= 15 is 0 Å². The molecule has 2 aliphatic rings. The molecule has 0 radical (unpaired) electrons. The average molecular weight is 393 g/mol. The van der Waals surface area contributed by atoms with Gasteiger partial charge >= 0.3 is 0 Å². The SMILES string of the molecule is COc1ccc(C(=O)N[C@H]2C[C@H]3C(=O)N[C@@H](Cc4ccccc4)C(=O)N3C2)cc1. The first-order valence-corrected chi connectivity index (χ1v) is 9.65. The van der Waals surface area contributed by atoms with Crippen LogP contribution in [0, 0.1) is 0 Å². The molecule has 2 aromatic rings. The highest BCUT2D eigenvalue weighted by Gasteiger charge is 2.46. The zero-order chi connectivity index (χ0) is 20.4. The molecule has 0 aliphatic carbocycles. The molecule has 7 heteroatoms. The minimum atomic E-state index is -0.572. The van der Waals surface area contributed by atoms with Crippen molar-refractivity contribution < 1.29 is 19.1 Å². The Hall–Kier alpha value is -3.35. The zero-order valence-electron chi connectivity index (χ0n) is 16.1. The van der Waals surface area contributed by atoms with Crippen LogP contribution in [0.3, 0.4) is 0 Å². The molecular weight excluding hydrogens is 370 g/mol. The van der Waals surface area contributed by atoms with E-state index in [1.165, 1.54) is 0 Å². The summed E-state index contributed by atoms with van der Waals surface area (Å²) in [6, 6.07) is 15.1. The average Bonchev–Trinajstić information content (AvgIpc) is 3.17.